The van der Waals surface area contributed by atoms with E-state index < -0.39 is 6.03 Å². The molecule has 162 valence electrons. The number of aryl methyl sites for hydroxylation is 1. The van der Waals surface area contributed by atoms with Gasteiger partial charge in [-0.25, -0.2) is 4.79 Å². The summed E-state index contributed by atoms with van der Waals surface area (Å²) in [4.78, 5) is 15.8. The Morgan fingerprint density at radius 1 is 1.00 bits per heavy atom. The van der Waals surface area contributed by atoms with Crippen LogP contribution in [0.15, 0.2) is 48.5 Å². The number of nitrogens with one attached hydrogen (secondary N) is 1. The van der Waals surface area contributed by atoms with Crippen molar-refractivity contribution in [3.8, 4) is 5.75 Å². The molecule has 3 N–H and O–H groups in total. The summed E-state index contributed by atoms with van der Waals surface area (Å²) >= 11 is 0. The Labute approximate surface area is 180 Å². The van der Waals surface area contributed by atoms with E-state index in [2.05, 4.69) is 46.3 Å². The van der Waals surface area contributed by atoms with Gasteiger partial charge in [-0.05, 0) is 61.2 Å². The molecule has 1 aliphatic heterocycles. The van der Waals surface area contributed by atoms with Crippen molar-refractivity contribution in [3.63, 3.8) is 0 Å². The Hall–Kier alpha value is -2.73. The fraction of sp³-hybridized carbons (Fsp3) is 0.458. The number of unbranched alkanes of at least 4 members (excludes halogenated alkanes) is 1. The van der Waals surface area contributed by atoms with Crippen LogP contribution in [-0.4, -0.2) is 50.3 Å². The van der Waals surface area contributed by atoms with Gasteiger partial charge in [0.25, 0.3) is 0 Å². The summed E-state index contributed by atoms with van der Waals surface area (Å²) < 4.78 is 5.81. The second-order valence-electron chi connectivity index (χ2n) is 7.81. The highest BCUT2D eigenvalue weighted by molar-refractivity contribution is 5.87. The Bertz CT molecular complexity index is 769. The molecule has 0 atom stereocenters. The zero-order chi connectivity index (χ0) is 21.2. The first-order chi connectivity index (χ1) is 14.6. The molecule has 1 fully saturated rings. The Morgan fingerprint density at radius 3 is 2.33 bits per heavy atom. The van der Waals surface area contributed by atoms with Gasteiger partial charge in [0, 0.05) is 44.1 Å². The molecule has 1 heterocycles. The standard InChI is InChI=1S/C24H34N4O2/c1-2-3-5-20-6-10-22(11-7-20)28-17-15-27(16-18-28)14-4-19-30-23-12-8-21(9-13-23)26-24(25)29/h6-13H,2-5,14-19H2,1H3,(H3,25,26,29). The summed E-state index contributed by atoms with van der Waals surface area (Å²) in [5, 5.41) is 2.54. The smallest absolute Gasteiger partial charge is 0.316 e. The van der Waals surface area contributed by atoms with Crippen molar-refractivity contribution in [2.75, 3.05) is 49.5 Å². The number of carbonyl (C=O) groups excluding carboxylic acids is 1. The van der Waals surface area contributed by atoms with E-state index in [0.717, 1.165) is 44.9 Å². The van der Waals surface area contributed by atoms with Crippen LogP contribution in [-0.2, 0) is 6.42 Å². The van der Waals surface area contributed by atoms with Crippen LogP contribution in [0, 0.1) is 0 Å². The molecule has 1 aliphatic rings. The minimum atomic E-state index is -0.562. The first-order valence-corrected chi connectivity index (χ1v) is 11.0. The van der Waals surface area contributed by atoms with E-state index in [1.54, 1.807) is 12.1 Å². The number of nitrogens with zero attached hydrogens (tertiary/aromatic N) is 2. The van der Waals surface area contributed by atoms with E-state index in [1.807, 2.05) is 12.1 Å². The Morgan fingerprint density at radius 2 is 1.70 bits per heavy atom. The van der Waals surface area contributed by atoms with Crippen LogP contribution >= 0.6 is 0 Å². The monoisotopic (exact) mass is 410 g/mol. The number of urea groups is 1. The number of benzene rings is 2. The van der Waals surface area contributed by atoms with Gasteiger partial charge in [0.05, 0.1) is 6.61 Å². The lowest BCUT2D eigenvalue weighted by atomic mass is 10.1. The number of rotatable bonds is 10. The highest BCUT2D eigenvalue weighted by Gasteiger charge is 2.16. The van der Waals surface area contributed by atoms with Crippen molar-refractivity contribution in [2.24, 2.45) is 5.73 Å². The molecule has 0 radical (unpaired) electrons. The van der Waals surface area contributed by atoms with Crippen molar-refractivity contribution in [3.05, 3.63) is 54.1 Å². The normalized spacial score (nSPS) is 14.5. The lowest BCUT2D eigenvalue weighted by Gasteiger charge is -2.36. The molecule has 0 saturated carbocycles. The summed E-state index contributed by atoms with van der Waals surface area (Å²) in [6, 6.07) is 15.8. The van der Waals surface area contributed by atoms with E-state index in [9.17, 15) is 4.79 Å². The van der Waals surface area contributed by atoms with Gasteiger partial charge in [-0.15, -0.1) is 0 Å². The fourth-order valence-corrected chi connectivity index (χ4v) is 3.74. The van der Waals surface area contributed by atoms with Crippen LogP contribution in [0.1, 0.15) is 31.7 Å². The van der Waals surface area contributed by atoms with Crippen LogP contribution in [0.4, 0.5) is 16.2 Å². The maximum atomic E-state index is 10.8. The summed E-state index contributed by atoms with van der Waals surface area (Å²) in [5.74, 6) is 0.803. The quantitative estimate of drug-likeness (QED) is 0.578. The largest absolute Gasteiger partial charge is 0.494 e. The van der Waals surface area contributed by atoms with Crippen LogP contribution < -0.4 is 20.7 Å². The Balaban J connectivity index is 1.32. The summed E-state index contributed by atoms with van der Waals surface area (Å²) in [7, 11) is 0. The number of amides is 2. The zero-order valence-electron chi connectivity index (χ0n) is 18.0. The molecule has 6 heteroatoms. The molecule has 0 aromatic heterocycles. The Kier molecular flexibility index (Phi) is 8.39. The molecule has 30 heavy (non-hydrogen) atoms. The van der Waals surface area contributed by atoms with E-state index in [1.165, 1.54) is 30.5 Å². The third-order valence-corrected chi connectivity index (χ3v) is 5.50. The average molecular weight is 411 g/mol. The summed E-state index contributed by atoms with van der Waals surface area (Å²) in [5.41, 5.74) is 8.56. The van der Waals surface area contributed by atoms with Crippen molar-refractivity contribution in [1.29, 1.82) is 0 Å². The van der Waals surface area contributed by atoms with Crippen molar-refractivity contribution >= 4 is 17.4 Å². The molecular formula is C24H34N4O2. The molecule has 2 amide bonds. The number of hydrogen-bond acceptors (Lipinski definition) is 4. The van der Waals surface area contributed by atoms with E-state index in [-0.39, 0.29) is 0 Å². The first kappa shape index (κ1) is 22.0. The first-order valence-electron chi connectivity index (χ1n) is 11.0. The fourth-order valence-electron chi connectivity index (χ4n) is 3.74. The zero-order valence-corrected chi connectivity index (χ0v) is 18.0. The highest BCUT2D eigenvalue weighted by Crippen LogP contribution is 2.19. The van der Waals surface area contributed by atoms with Crippen LogP contribution in [0.25, 0.3) is 0 Å². The van der Waals surface area contributed by atoms with E-state index in [0.29, 0.717) is 12.3 Å². The second kappa shape index (κ2) is 11.5. The number of nitrogens with two attached hydrogens (primary N) is 1. The van der Waals surface area contributed by atoms with E-state index in [4.69, 9.17) is 10.5 Å². The summed E-state index contributed by atoms with van der Waals surface area (Å²) in [6.07, 6.45) is 4.68. The van der Waals surface area contributed by atoms with Gasteiger partial charge in [-0.2, -0.15) is 0 Å². The average Bonchev–Trinajstić information content (AvgIpc) is 2.77. The van der Waals surface area contributed by atoms with Gasteiger partial charge in [0.1, 0.15) is 5.75 Å². The third-order valence-electron chi connectivity index (χ3n) is 5.50. The molecule has 1 saturated heterocycles. The molecule has 2 aromatic carbocycles. The summed E-state index contributed by atoms with van der Waals surface area (Å²) in [6.45, 7) is 8.29. The maximum Gasteiger partial charge on any atom is 0.316 e. The van der Waals surface area contributed by atoms with Crippen molar-refractivity contribution < 1.29 is 9.53 Å². The molecule has 0 spiro atoms. The SMILES string of the molecule is CCCCc1ccc(N2CCN(CCCOc3ccc(NC(N)=O)cc3)CC2)cc1. The van der Waals surface area contributed by atoms with Crippen LogP contribution in [0.5, 0.6) is 5.75 Å². The number of piperazine rings is 1. The van der Waals surface area contributed by atoms with Crippen molar-refractivity contribution in [2.45, 2.75) is 32.6 Å². The number of primary amides is 1. The van der Waals surface area contributed by atoms with Crippen LogP contribution in [0.2, 0.25) is 0 Å². The van der Waals surface area contributed by atoms with Gasteiger partial charge >= 0.3 is 6.03 Å². The second-order valence-corrected chi connectivity index (χ2v) is 7.81. The predicted molar refractivity (Wildman–Crippen MR) is 123 cm³/mol. The topological polar surface area (TPSA) is 70.8 Å². The number of carbonyl (C=O) groups is 1. The van der Waals surface area contributed by atoms with Gasteiger partial charge < -0.3 is 20.7 Å². The molecular weight excluding hydrogens is 376 g/mol. The minimum absolute atomic E-state index is 0.562. The van der Waals surface area contributed by atoms with Crippen LogP contribution in [0.3, 0.4) is 0 Å². The van der Waals surface area contributed by atoms with E-state index >= 15 is 0 Å². The number of hydrogen-bond donors (Lipinski definition) is 2. The molecule has 6 nitrogen and oxygen atoms in total. The van der Waals surface area contributed by atoms with Gasteiger partial charge in [0.15, 0.2) is 0 Å². The molecule has 0 unspecified atom stereocenters. The molecule has 0 aliphatic carbocycles. The lowest BCUT2D eigenvalue weighted by Crippen LogP contribution is -2.46. The lowest BCUT2D eigenvalue weighted by molar-refractivity contribution is 0.225. The van der Waals surface area contributed by atoms with Crippen molar-refractivity contribution in [1.82, 2.24) is 4.90 Å². The minimum Gasteiger partial charge on any atom is -0.494 e. The van der Waals surface area contributed by atoms with Gasteiger partial charge in [0.2, 0.25) is 0 Å². The number of ether oxygens (including phenoxy) is 1. The third kappa shape index (κ3) is 6.95. The molecule has 3 rings (SSSR count). The molecule has 0 bridgehead atoms. The predicted octanol–water partition coefficient (Wildman–Crippen LogP) is 4.11. The maximum absolute atomic E-state index is 10.8. The molecule has 2 aromatic rings. The van der Waals surface area contributed by atoms with Gasteiger partial charge in [-0.1, -0.05) is 25.5 Å². The highest BCUT2D eigenvalue weighted by atomic mass is 16.5. The van der Waals surface area contributed by atoms with Gasteiger partial charge in [-0.3, -0.25) is 4.90 Å². The number of anilines is 2.